The van der Waals surface area contributed by atoms with E-state index in [4.69, 9.17) is 0 Å². The van der Waals surface area contributed by atoms with E-state index in [2.05, 4.69) is 22.9 Å². The minimum absolute atomic E-state index is 0.00523. The maximum atomic E-state index is 12.2. The van der Waals surface area contributed by atoms with Gasteiger partial charge in [-0.2, -0.15) is 0 Å². The maximum Gasteiger partial charge on any atom is 0.189 e. The summed E-state index contributed by atoms with van der Waals surface area (Å²) >= 11 is 3.33. The molecule has 0 saturated heterocycles. The molecule has 0 aliphatic heterocycles. The third kappa shape index (κ3) is 2.39. The predicted octanol–water partition coefficient (Wildman–Crippen LogP) is 3.94. The van der Waals surface area contributed by atoms with Crippen molar-refractivity contribution in [3.63, 3.8) is 0 Å². The fourth-order valence-electron chi connectivity index (χ4n) is 1.95. The van der Waals surface area contributed by atoms with Crippen molar-refractivity contribution in [2.24, 2.45) is 0 Å². The first-order chi connectivity index (χ1) is 8.13. The number of rotatable bonds is 3. The molecule has 0 aromatic heterocycles. The molecular formula is C14H13BrO2. The second kappa shape index (κ2) is 4.96. The number of allylic oxidation sites excluding steroid dienone is 2. The summed E-state index contributed by atoms with van der Waals surface area (Å²) in [6, 6.07) is 5.22. The Morgan fingerprint density at radius 2 is 1.94 bits per heavy atom. The van der Waals surface area contributed by atoms with Gasteiger partial charge in [-0.1, -0.05) is 29.3 Å². The van der Waals surface area contributed by atoms with Gasteiger partial charge in [-0.3, -0.25) is 9.59 Å². The van der Waals surface area contributed by atoms with Gasteiger partial charge in [-0.15, -0.1) is 0 Å². The highest BCUT2D eigenvalue weighted by Crippen LogP contribution is 2.26. The molecule has 0 spiro atoms. The van der Waals surface area contributed by atoms with Crippen LogP contribution in [0.3, 0.4) is 0 Å². The lowest BCUT2D eigenvalue weighted by Gasteiger charge is -2.15. The van der Waals surface area contributed by atoms with Crippen molar-refractivity contribution in [3.8, 4) is 0 Å². The van der Waals surface area contributed by atoms with Crippen LogP contribution >= 0.6 is 15.9 Å². The quantitative estimate of drug-likeness (QED) is 0.845. The highest BCUT2D eigenvalue weighted by Gasteiger charge is 2.24. The van der Waals surface area contributed by atoms with Crippen molar-refractivity contribution >= 4 is 27.5 Å². The molecule has 0 unspecified atom stereocenters. The van der Waals surface area contributed by atoms with Gasteiger partial charge in [0, 0.05) is 21.2 Å². The minimum atomic E-state index is -0.0572. The molecule has 0 amide bonds. The standard InChI is InChI=1S/C14H13BrO2/c1-2-3-4-9-7-13(16)11-6-5-10(15)8-12(11)14(9)17/h5-8H,2-4H2,1H3. The van der Waals surface area contributed by atoms with E-state index >= 15 is 0 Å². The minimum Gasteiger partial charge on any atom is -0.289 e. The van der Waals surface area contributed by atoms with Crippen molar-refractivity contribution in [1.29, 1.82) is 0 Å². The number of halogens is 1. The summed E-state index contributed by atoms with van der Waals surface area (Å²) in [4.78, 5) is 24.1. The number of ketones is 2. The van der Waals surface area contributed by atoms with Crippen molar-refractivity contribution in [1.82, 2.24) is 0 Å². The molecule has 17 heavy (non-hydrogen) atoms. The molecule has 1 aliphatic rings. The normalized spacial score (nSPS) is 14.6. The van der Waals surface area contributed by atoms with Gasteiger partial charge in [-0.05, 0) is 37.1 Å². The van der Waals surface area contributed by atoms with Crippen LogP contribution in [-0.2, 0) is 0 Å². The summed E-state index contributed by atoms with van der Waals surface area (Å²) in [5.74, 6) is -0.0625. The van der Waals surface area contributed by atoms with E-state index in [-0.39, 0.29) is 11.6 Å². The Bertz CT molecular complexity index is 515. The SMILES string of the molecule is CCCCC1=CC(=O)c2ccc(Br)cc2C1=O. The third-order valence-electron chi connectivity index (χ3n) is 2.89. The summed E-state index contributed by atoms with van der Waals surface area (Å²) in [6.07, 6.45) is 4.14. The van der Waals surface area contributed by atoms with Crippen LogP contribution in [0.4, 0.5) is 0 Å². The molecule has 0 atom stereocenters. The van der Waals surface area contributed by atoms with E-state index in [0.29, 0.717) is 23.1 Å². The average molecular weight is 293 g/mol. The fraction of sp³-hybridized carbons (Fsp3) is 0.286. The Labute approximate surface area is 109 Å². The average Bonchev–Trinajstić information content (AvgIpc) is 2.32. The van der Waals surface area contributed by atoms with E-state index in [1.54, 1.807) is 18.2 Å². The van der Waals surface area contributed by atoms with Crippen molar-refractivity contribution in [2.75, 3.05) is 0 Å². The molecule has 0 bridgehead atoms. The molecule has 0 radical (unpaired) electrons. The molecule has 2 rings (SSSR count). The van der Waals surface area contributed by atoms with Gasteiger partial charge in [0.05, 0.1) is 0 Å². The topological polar surface area (TPSA) is 34.1 Å². The Kier molecular flexibility index (Phi) is 3.57. The predicted molar refractivity (Wildman–Crippen MR) is 70.4 cm³/mol. The van der Waals surface area contributed by atoms with Gasteiger partial charge in [0.15, 0.2) is 11.6 Å². The zero-order chi connectivity index (χ0) is 12.4. The Morgan fingerprint density at radius 3 is 2.65 bits per heavy atom. The lowest BCUT2D eigenvalue weighted by Crippen LogP contribution is -2.16. The molecule has 3 heteroatoms. The Morgan fingerprint density at radius 1 is 1.18 bits per heavy atom. The van der Waals surface area contributed by atoms with Gasteiger partial charge in [0.25, 0.3) is 0 Å². The number of hydrogen-bond acceptors (Lipinski definition) is 2. The van der Waals surface area contributed by atoms with E-state index < -0.39 is 0 Å². The smallest absolute Gasteiger partial charge is 0.189 e. The number of carbonyl (C=O) groups is 2. The van der Waals surface area contributed by atoms with Gasteiger partial charge >= 0.3 is 0 Å². The van der Waals surface area contributed by atoms with Crippen LogP contribution in [0.15, 0.2) is 34.3 Å². The second-order valence-electron chi connectivity index (χ2n) is 4.16. The summed E-state index contributed by atoms with van der Waals surface area (Å²) in [7, 11) is 0. The lowest BCUT2D eigenvalue weighted by molar-refractivity contribution is 0.0981. The summed E-state index contributed by atoms with van der Waals surface area (Å²) in [5.41, 5.74) is 1.68. The number of benzene rings is 1. The van der Waals surface area contributed by atoms with Gasteiger partial charge in [0.2, 0.25) is 0 Å². The Balaban J connectivity index is 2.40. The molecule has 0 N–H and O–H groups in total. The molecular weight excluding hydrogens is 280 g/mol. The number of unbranched alkanes of at least 4 members (excludes halogenated alkanes) is 1. The van der Waals surface area contributed by atoms with Crippen LogP contribution in [0, 0.1) is 0 Å². The first-order valence-electron chi connectivity index (χ1n) is 5.72. The van der Waals surface area contributed by atoms with Crippen molar-refractivity contribution < 1.29 is 9.59 Å². The van der Waals surface area contributed by atoms with E-state index in [9.17, 15) is 9.59 Å². The van der Waals surface area contributed by atoms with E-state index in [1.165, 1.54) is 6.08 Å². The monoisotopic (exact) mass is 292 g/mol. The molecule has 0 heterocycles. The molecule has 1 aromatic rings. The summed E-state index contributed by atoms with van der Waals surface area (Å²) < 4.78 is 0.828. The van der Waals surface area contributed by atoms with Crippen LogP contribution in [0.2, 0.25) is 0 Å². The molecule has 0 fully saturated rings. The van der Waals surface area contributed by atoms with Crippen LogP contribution in [0.25, 0.3) is 0 Å². The van der Waals surface area contributed by atoms with Gasteiger partial charge in [-0.25, -0.2) is 0 Å². The maximum absolute atomic E-state index is 12.2. The molecule has 1 aliphatic carbocycles. The number of Topliss-reactive ketones (excluding diaryl/α,β-unsaturated/α-hetero) is 1. The highest BCUT2D eigenvalue weighted by molar-refractivity contribution is 9.10. The largest absolute Gasteiger partial charge is 0.289 e. The van der Waals surface area contributed by atoms with Crippen molar-refractivity contribution in [3.05, 3.63) is 45.4 Å². The summed E-state index contributed by atoms with van der Waals surface area (Å²) in [6.45, 7) is 2.07. The van der Waals surface area contributed by atoms with Crippen LogP contribution in [-0.4, -0.2) is 11.6 Å². The lowest BCUT2D eigenvalue weighted by atomic mass is 9.87. The number of hydrogen-bond donors (Lipinski definition) is 0. The third-order valence-corrected chi connectivity index (χ3v) is 3.38. The first kappa shape index (κ1) is 12.2. The Hall–Kier alpha value is -1.22. The van der Waals surface area contributed by atoms with Gasteiger partial charge in [0.1, 0.15) is 0 Å². The van der Waals surface area contributed by atoms with Crippen LogP contribution in [0.1, 0.15) is 46.9 Å². The first-order valence-corrected chi connectivity index (χ1v) is 6.52. The van der Waals surface area contributed by atoms with Crippen LogP contribution in [0.5, 0.6) is 0 Å². The van der Waals surface area contributed by atoms with Gasteiger partial charge < -0.3 is 0 Å². The van der Waals surface area contributed by atoms with Crippen LogP contribution < -0.4 is 0 Å². The number of fused-ring (bicyclic) bond motifs is 1. The molecule has 88 valence electrons. The van der Waals surface area contributed by atoms with E-state index in [0.717, 1.165) is 17.3 Å². The van der Waals surface area contributed by atoms with E-state index in [1.807, 2.05) is 0 Å². The second-order valence-corrected chi connectivity index (χ2v) is 5.07. The number of carbonyl (C=O) groups excluding carboxylic acids is 2. The molecule has 2 nitrogen and oxygen atoms in total. The zero-order valence-electron chi connectivity index (χ0n) is 9.63. The molecule has 0 saturated carbocycles. The fourth-order valence-corrected chi connectivity index (χ4v) is 2.31. The zero-order valence-corrected chi connectivity index (χ0v) is 11.2. The highest BCUT2D eigenvalue weighted by atomic mass is 79.9. The van der Waals surface area contributed by atoms with Crippen molar-refractivity contribution in [2.45, 2.75) is 26.2 Å². The molecule has 1 aromatic carbocycles. The summed E-state index contributed by atoms with van der Waals surface area (Å²) in [5, 5.41) is 0.